The molecule has 1 N–H and O–H groups in total. The van der Waals surface area contributed by atoms with E-state index in [-0.39, 0.29) is 18.6 Å². The van der Waals surface area contributed by atoms with Crippen molar-refractivity contribution in [1.29, 1.82) is 0 Å². The van der Waals surface area contributed by atoms with Crippen LogP contribution in [0.25, 0.3) is 0 Å². The number of nitrogens with one attached hydrogen (secondary N) is 1. The van der Waals surface area contributed by atoms with E-state index in [1.807, 2.05) is 37.3 Å². The van der Waals surface area contributed by atoms with Gasteiger partial charge in [-0.1, -0.05) is 35.5 Å². The van der Waals surface area contributed by atoms with Gasteiger partial charge in [0.25, 0.3) is 5.91 Å². The van der Waals surface area contributed by atoms with Gasteiger partial charge in [-0.15, -0.1) is 0 Å². The van der Waals surface area contributed by atoms with E-state index in [9.17, 15) is 4.79 Å². The van der Waals surface area contributed by atoms with Crippen LogP contribution in [0.15, 0.2) is 47.6 Å². The number of carbonyl (C=O) groups is 1. The van der Waals surface area contributed by atoms with Crippen molar-refractivity contribution in [2.24, 2.45) is 5.16 Å². The Morgan fingerprint density at radius 3 is 2.26 bits per heavy atom. The molecule has 0 aliphatic carbocycles. The molecule has 2 rings (SSSR count). The fraction of sp³-hybridized carbons (Fsp3) is 0.300. The number of nitrogens with zero attached hydrogens (tertiary/aromatic N) is 1. The molecule has 2 aromatic carbocycles. The van der Waals surface area contributed by atoms with Crippen molar-refractivity contribution in [2.45, 2.75) is 13.0 Å². The van der Waals surface area contributed by atoms with Gasteiger partial charge in [0.2, 0.25) is 5.75 Å². The van der Waals surface area contributed by atoms with E-state index in [0.29, 0.717) is 22.8 Å². The van der Waals surface area contributed by atoms with Crippen LogP contribution in [0.5, 0.6) is 17.2 Å². The summed E-state index contributed by atoms with van der Waals surface area (Å²) in [5.41, 5.74) is 1.70. The van der Waals surface area contributed by atoms with Gasteiger partial charge in [0.1, 0.15) is 0 Å². The molecule has 0 saturated heterocycles. The van der Waals surface area contributed by atoms with Crippen LogP contribution in [0.4, 0.5) is 0 Å². The molecule has 0 saturated carbocycles. The van der Waals surface area contributed by atoms with Crippen LogP contribution in [-0.4, -0.2) is 40.1 Å². The summed E-state index contributed by atoms with van der Waals surface area (Å²) in [6, 6.07) is 13.0. The largest absolute Gasteiger partial charge is 0.493 e. The van der Waals surface area contributed by atoms with Gasteiger partial charge in [-0.2, -0.15) is 0 Å². The average Bonchev–Trinajstić information content (AvgIpc) is 2.70. The maximum Gasteiger partial charge on any atom is 0.261 e. The van der Waals surface area contributed by atoms with Crippen LogP contribution in [0, 0.1) is 0 Å². The lowest BCUT2D eigenvalue weighted by atomic mass is 10.1. The summed E-state index contributed by atoms with van der Waals surface area (Å²) in [6.45, 7) is 1.73. The smallest absolute Gasteiger partial charge is 0.261 e. The number of hydrogen-bond donors (Lipinski definition) is 1. The number of carbonyl (C=O) groups excluding carboxylic acids is 1. The van der Waals surface area contributed by atoms with Gasteiger partial charge in [-0.3, -0.25) is 4.79 Å². The number of methoxy groups -OCH3 is 3. The summed E-state index contributed by atoms with van der Waals surface area (Å²) in [5.74, 6) is 1.25. The Morgan fingerprint density at radius 1 is 1.07 bits per heavy atom. The third kappa shape index (κ3) is 5.64. The predicted octanol–water partition coefficient (Wildman–Crippen LogP) is 2.94. The van der Waals surface area contributed by atoms with Crippen molar-refractivity contribution in [3.63, 3.8) is 0 Å². The van der Waals surface area contributed by atoms with Gasteiger partial charge in [-0.25, -0.2) is 0 Å². The molecular weight excluding hydrogens is 348 g/mol. The first-order chi connectivity index (χ1) is 13.1. The molecule has 0 radical (unpaired) electrons. The monoisotopic (exact) mass is 372 g/mol. The van der Waals surface area contributed by atoms with Crippen LogP contribution in [0.3, 0.4) is 0 Å². The predicted molar refractivity (Wildman–Crippen MR) is 103 cm³/mol. The van der Waals surface area contributed by atoms with E-state index < -0.39 is 0 Å². The molecule has 0 aliphatic heterocycles. The van der Waals surface area contributed by atoms with E-state index >= 15 is 0 Å². The first-order valence-corrected chi connectivity index (χ1v) is 8.38. The number of rotatable bonds is 9. The number of ether oxygens (including phenoxy) is 3. The molecule has 7 heteroatoms. The van der Waals surface area contributed by atoms with Gasteiger partial charge < -0.3 is 24.4 Å². The van der Waals surface area contributed by atoms with Gasteiger partial charge in [-0.05, 0) is 24.6 Å². The lowest BCUT2D eigenvalue weighted by molar-refractivity contribution is -0.126. The standard InChI is InChI=1S/C20H24N2O5/c1-14(16-8-6-5-7-9-16)22-19(23)13-27-21-12-15-10-17(24-2)20(26-4)18(11-15)25-3/h5-12,14H,13H2,1-4H3,(H,22,23)/b21-12-/t14-/m0/s1. The van der Waals surface area contributed by atoms with Crippen LogP contribution < -0.4 is 19.5 Å². The molecule has 7 nitrogen and oxygen atoms in total. The SMILES string of the molecule is COc1cc(/C=N\OCC(=O)N[C@@H](C)c2ccccc2)cc(OC)c1OC. The van der Waals surface area contributed by atoms with Crippen LogP contribution in [-0.2, 0) is 9.63 Å². The highest BCUT2D eigenvalue weighted by atomic mass is 16.6. The third-order valence-corrected chi connectivity index (χ3v) is 3.84. The Hall–Kier alpha value is -3.22. The molecule has 0 spiro atoms. The molecular formula is C20H24N2O5. The summed E-state index contributed by atoms with van der Waals surface area (Å²) in [5, 5.41) is 6.68. The summed E-state index contributed by atoms with van der Waals surface area (Å²) in [4.78, 5) is 17.0. The zero-order chi connectivity index (χ0) is 19.6. The summed E-state index contributed by atoms with van der Waals surface area (Å²) in [7, 11) is 4.60. The van der Waals surface area contributed by atoms with E-state index in [0.717, 1.165) is 5.56 Å². The van der Waals surface area contributed by atoms with Gasteiger partial charge in [0.15, 0.2) is 18.1 Å². The van der Waals surface area contributed by atoms with Crippen molar-refractivity contribution in [2.75, 3.05) is 27.9 Å². The van der Waals surface area contributed by atoms with E-state index in [4.69, 9.17) is 19.0 Å². The molecule has 0 aliphatic rings. The second-order valence-corrected chi connectivity index (χ2v) is 5.67. The maximum atomic E-state index is 12.0. The first kappa shape index (κ1) is 20.1. The Balaban J connectivity index is 1.91. The molecule has 1 atom stereocenters. The molecule has 0 bridgehead atoms. The summed E-state index contributed by atoms with van der Waals surface area (Å²) in [6.07, 6.45) is 1.47. The van der Waals surface area contributed by atoms with E-state index in [1.54, 1.807) is 12.1 Å². The minimum atomic E-state index is -0.256. The topological polar surface area (TPSA) is 78.4 Å². The van der Waals surface area contributed by atoms with Crippen molar-refractivity contribution < 1.29 is 23.8 Å². The van der Waals surface area contributed by atoms with Crippen molar-refractivity contribution in [3.05, 3.63) is 53.6 Å². The first-order valence-electron chi connectivity index (χ1n) is 8.38. The van der Waals surface area contributed by atoms with E-state index in [2.05, 4.69) is 10.5 Å². The number of amides is 1. The molecule has 144 valence electrons. The minimum Gasteiger partial charge on any atom is -0.493 e. The third-order valence-electron chi connectivity index (χ3n) is 3.84. The highest BCUT2D eigenvalue weighted by Gasteiger charge is 2.12. The fourth-order valence-electron chi connectivity index (χ4n) is 2.48. The zero-order valence-corrected chi connectivity index (χ0v) is 15.9. The molecule has 27 heavy (non-hydrogen) atoms. The van der Waals surface area contributed by atoms with Crippen molar-refractivity contribution in [3.8, 4) is 17.2 Å². The number of hydrogen-bond acceptors (Lipinski definition) is 6. The highest BCUT2D eigenvalue weighted by Crippen LogP contribution is 2.37. The van der Waals surface area contributed by atoms with Gasteiger partial charge in [0.05, 0.1) is 33.6 Å². The molecule has 1 amide bonds. The summed E-state index contributed by atoms with van der Waals surface area (Å²) >= 11 is 0. The molecule has 0 fully saturated rings. The van der Waals surface area contributed by atoms with Crippen LogP contribution >= 0.6 is 0 Å². The number of benzene rings is 2. The van der Waals surface area contributed by atoms with Crippen molar-refractivity contribution >= 4 is 12.1 Å². The second kappa shape index (κ2) is 10.1. The highest BCUT2D eigenvalue weighted by molar-refractivity contribution is 5.82. The summed E-state index contributed by atoms with van der Waals surface area (Å²) < 4.78 is 15.8. The van der Waals surface area contributed by atoms with Crippen LogP contribution in [0.1, 0.15) is 24.1 Å². The lowest BCUT2D eigenvalue weighted by Gasteiger charge is -2.13. The Kier molecular flexibility index (Phi) is 7.49. The van der Waals surface area contributed by atoms with Crippen LogP contribution in [0.2, 0.25) is 0 Å². The molecule has 0 unspecified atom stereocenters. The zero-order valence-electron chi connectivity index (χ0n) is 15.9. The van der Waals surface area contributed by atoms with E-state index in [1.165, 1.54) is 27.5 Å². The maximum absolute atomic E-state index is 12.0. The Bertz CT molecular complexity index is 752. The Labute approximate surface area is 158 Å². The molecule has 0 aromatic heterocycles. The van der Waals surface area contributed by atoms with Crippen molar-refractivity contribution in [1.82, 2.24) is 5.32 Å². The molecule has 0 heterocycles. The minimum absolute atomic E-state index is 0.110. The molecule has 2 aromatic rings. The van der Waals surface area contributed by atoms with Gasteiger partial charge in [0, 0.05) is 5.56 Å². The van der Waals surface area contributed by atoms with Gasteiger partial charge >= 0.3 is 0 Å². The lowest BCUT2D eigenvalue weighted by Crippen LogP contribution is -2.29. The average molecular weight is 372 g/mol. The quantitative estimate of drug-likeness (QED) is 0.541. The normalized spacial score (nSPS) is 11.7. The Morgan fingerprint density at radius 2 is 1.70 bits per heavy atom. The fourth-order valence-corrected chi connectivity index (χ4v) is 2.48. The number of oxime groups is 1. The second-order valence-electron chi connectivity index (χ2n) is 5.67.